The maximum absolute atomic E-state index is 13.6. The van der Waals surface area contributed by atoms with Crippen molar-refractivity contribution in [3.8, 4) is 22.3 Å². The molecule has 7 nitrogen and oxygen atoms in total. The lowest BCUT2D eigenvalue weighted by Crippen LogP contribution is -2.23. The van der Waals surface area contributed by atoms with Gasteiger partial charge < -0.3 is 0 Å². The summed E-state index contributed by atoms with van der Waals surface area (Å²) in [5.41, 5.74) is 3.29. The molecule has 0 aliphatic heterocycles. The van der Waals surface area contributed by atoms with Crippen molar-refractivity contribution in [3.05, 3.63) is 117 Å². The minimum atomic E-state index is -0.156. The van der Waals surface area contributed by atoms with Crippen LogP contribution in [0.2, 0.25) is 0 Å². The maximum atomic E-state index is 13.6. The summed E-state index contributed by atoms with van der Waals surface area (Å²) in [5, 5.41) is 5.98. The summed E-state index contributed by atoms with van der Waals surface area (Å²) in [7, 11) is 0. The van der Waals surface area contributed by atoms with Gasteiger partial charge in [0.25, 0.3) is 11.1 Å². The number of hydrogen-bond acceptors (Lipinski definition) is 9. The molecule has 0 atom stereocenters. The minimum Gasteiger partial charge on any atom is -0.298 e. The van der Waals surface area contributed by atoms with Gasteiger partial charge >= 0.3 is 0 Å². The van der Waals surface area contributed by atoms with Gasteiger partial charge in [-0.2, -0.15) is 0 Å². The monoisotopic (exact) mass is 654 g/mol. The van der Waals surface area contributed by atoms with E-state index in [1.807, 2.05) is 71.4 Å². The molecule has 44 heavy (non-hydrogen) atoms. The molecule has 0 aliphatic carbocycles. The highest BCUT2D eigenvalue weighted by molar-refractivity contribution is 8.01. The normalized spacial score (nSPS) is 11.3. The predicted octanol–water partition coefficient (Wildman–Crippen LogP) is 7.39. The summed E-state index contributed by atoms with van der Waals surface area (Å²) < 4.78 is 3.13. The molecule has 6 aromatic rings. The largest absolute Gasteiger partial charge is 0.298 e. The van der Waals surface area contributed by atoms with E-state index in [2.05, 4.69) is 13.2 Å². The second-order valence-corrected chi connectivity index (χ2v) is 13.3. The number of thiophene rings is 2. The van der Waals surface area contributed by atoms with Crippen LogP contribution in [0.4, 0.5) is 0 Å². The van der Waals surface area contributed by atoms with Crippen LogP contribution in [-0.4, -0.2) is 36.4 Å². The van der Waals surface area contributed by atoms with E-state index in [-0.39, 0.29) is 41.5 Å². The Morgan fingerprint density at radius 2 is 1.11 bits per heavy atom. The van der Waals surface area contributed by atoms with Crippen molar-refractivity contribution in [1.29, 1.82) is 0 Å². The number of nitrogens with zero attached hydrogens (tertiary/aromatic N) is 4. The Labute approximate surface area is 269 Å². The van der Waals surface area contributed by atoms with E-state index in [0.29, 0.717) is 30.7 Å². The molecule has 6 rings (SSSR count). The number of carbonyl (C=O) groups excluding carboxylic acids is 1. The van der Waals surface area contributed by atoms with Gasteiger partial charge in [0.2, 0.25) is 0 Å². The number of aromatic nitrogens is 4. The fourth-order valence-electron chi connectivity index (χ4n) is 4.80. The van der Waals surface area contributed by atoms with Crippen molar-refractivity contribution in [2.24, 2.45) is 0 Å². The van der Waals surface area contributed by atoms with E-state index in [0.717, 1.165) is 22.3 Å². The average molecular weight is 655 g/mol. The maximum Gasteiger partial charge on any atom is 0.263 e. The molecule has 0 bridgehead atoms. The summed E-state index contributed by atoms with van der Waals surface area (Å²) in [5.74, 6) is 0.167. The molecular weight excluding hydrogens is 629 g/mol. The molecule has 0 aliphatic rings. The van der Waals surface area contributed by atoms with Crippen molar-refractivity contribution in [2.75, 3.05) is 11.5 Å². The van der Waals surface area contributed by atoms with Gasteiger partial charge in [-0.05, 0) is 11.1 Å². The highest BCUT2D eigenvalue weighted by Crippen LogP contribution is 2.34. The zero-order chi connectivity index (χ0) is 30.6. The number of carbonyl (C=O) groups is 1. The number of Topliss-reactive ketones (excluding diaryl/α,β-unsaturated/α-hetero) is 1. The highest BCUT2D eigenvalue weighted by atomic mass is 32.2. The first-order valence-electron chi connectivity index (χ1n) is 13.6. The van der Waals surface area contributed by atoms with Crippen LogP contribution in [0.15, 0.2) is 117 Å². The quantitative estimate of drug-likeness (QED) is 0.0773. The number of rotatable bonds is 12. The molecule has 0 radical (unpaired) electrons. The Morgan fingerprint density at radius 3 is 1.50 bits per heavy atom. The molecule has 0 saturated heterocycles. The van der Waals surface area contributed by atoms with E-state index >= 15 is 0 Å². The lowest BCUT2D eigenvalue weighted by atomic mass is 10.1. The Hall–Kier alpha value is -4.03. The second kappa shape index (κ2) is 13.3. The molecule has 0 fully saturated rings. The SMILES string of the molecule is C=CCn1c(SCC(=O)CSc2nc3scc(-c4ccccc4)c3c(=O)n2CC=C)nc2scc(-c3ccccc3)c2c1=O. The van der Waals surface area contributed by atoms with Gasteiger partial charge in [-0.15, -0.1) is 35.8 Å². The fraction of sp³-hybridized carbons (Fsp3) is 0.121. The molecule has 220 valence electrons. The van der Waals surface area contributed by atoms with Crippen LogP contribution in [0.3, 0.4) is 0 Å². The van der Waals surface area contributed by atoms with E-state index in [9.17, 15) is 14.4 Å². The van der Waals surface area contributed by atoms with Crippen molar-refractivity contribution in [1.82, 2.24) is 19.1 Å². The van der Waals surface area contributed by atoms with Gasteiger partial charge in [0, 0.05) is 35.0 Å². The molecule has 4 heterocycles. The minimum absolute atomic E-state index is 0.0636. The Bertz CT molecular complexity index is 1980. The molecule has 0 amide bonds. The van der Waals surface area contributed by atoms with Crippen molar-refractivity contribution < 1.29 is 4.79 Å². The van der Waals surface area contributed by atoms with Crippen LogP contribution < -0.4 is 11.1 Å². The molecule has 4 aromatic heterocycles. The lowest BCUT2D eigenvalue weighted by Gasteiger charge is -2.12. The van der Waals surface area contributed by atoms with Crippen LogP contribution in [0.25, 0.3) is 42.7 Å². The molecule has 0 N–H and O–H groups in total. The molecule has 0 unspecified atom stereocenters. The summed E-state index contributed by atoms with van der Waals surface area (Å²) >= 11 is 5.29. The third-order valence-electron chi connectivity index (χ3n) is 6.83. The standard InChI is InChI=1S/C33H26N4O3S4/c1-3-15-36-30(39)26-24(21-11-7-5-8-12-21)19-41-28(26)34-32(36)43-17-23(38)18-44-33-35-29-27(31(40)37(33)16-4-2)25(20-42-29)22-13-9-6-10-14-22/h3-14,19-20H,1-2,15-18H2. The number of ketones is 1. The lowest BCUT2D eigenvalue weighted by molar-refractivity contribution is -0.114. The van der Waals surface area contributed by atoms with E-state index in [1.165, 1.54) is 46.2 Å². The summed E-state index contributed by atoms with van der Waals surface area (Å²) in [6.07, 6.45) is 3.30. The predicted molar refractivity (Wildman–Crippen MR) is 185 cm³/mol. The Kier molecular flexibility index (Phi) is 9.08. The van der Waals surface area contributed by atoms with Gasteiger partial charge in [0.15, 0.2) is 16.1 Å². The van der Waals surface area contributed by atoms with Crippen molar-refractivity contribution in [2.45, 2.75) is 23.4 Å². The molecule has 11 heteroatoms. The Morgan fingerprint density at radius 1 is 0.705 bits per heavy atom. The topological polar surface area (TPSA) is 86.8 Å². The van der Waals surface area contributed by atoms with E-state index < -0.39 is 0 Å². The number of allylic oxidation sites excluding steroid dienone is 2. The van der Waals surface area contributed by atoms with Gasteiger partial charge in [-0.25, -0.2) is 9.97 Å². The van der Waals surface area contributed by atoms with Crippen LogP contribution in [-0.2, 0) is 17.9 Å². The van der Waals surface area contributed by atoms with Gasteiger partial charge in [-0.1, -0.05) is 96.3 Å². The molecular formula is C33H26N4O3S4. The summed E-state index contributed by atoms with van der Waals surface area (Å²) in [6.45, 7) is 8.18. The van der Waals surface area contributed by atoms with Gasteiger partial charge in [0.1, 0.15) is 9.66 Å². The fourth-order valence-corrected chi connectivity index (χ4v) is 8.65. The number of fused-ring (bicyclic) bond motifs is 2. The first-order valence-corrected chi connectivity index (χ1v) is 17.4. The third kappa shape index (κ3) is 5.88. The molecule has 0 spiro atoms. The zero-order valence-corrected chi connectivity index (χ0v) is 26.7. The second-order valence-electron chi connectivity index (χ2n) is 9.70. The molecule has 0 saturated carbocycles. The van der Waals surface area contributed by atoms with Gasteiger partial charge in [0.05, 0.1) is 22.3 Å². The van der Waals surface area contributed by atoms with Crippen molar-refractivity contribution >= 4 is 72.4 Å². The number of benzene rings is 2. The zero-order valence-electron chi connectivity index (χ0n) is 23.5. The summed E-state index contributed by atoms with van der Waals surface area (Å²) in [6, 6.07) is 19.5. The van der Waals surface area contributed by atoms with E-state index in [4.69, 9.17) is 9.97 Å². The van der Waals surface area contributed by atoms with Crippen molar-refractivity contribution in [3.63, 3.8) is 0 Å². The van der Waals surface area contributed by atoms with Crippen LogP contribution >= 0.6 is 46.2 Å². The smallest absolute Gasteiger partial charge is 0.263 e. The van der Waals surface area contributed by atoms with Crippen LogP contribution in [0.5, 0.6) is 0 Å². The molecule has 2 aromatic carbocycles. The van der Waals surface area contributed by atoms with Gasteiger partial charge in [-0.3, -0.25) is 23.5 Å². The van der Waals surface area contributed by atoms with Crippen LogP contribution in [0, 0.1) is 0 Å². The number of hydrogen-bond donors (Lipinski definition) is 0. The highest BCUT2D eigenvalue weighted by Gasteiger charge is 2.20. The first kappa shape index (κ1) is 30.0. The Balaban J connectivity index is 1.23. The third-order valence-corrected chi connectivity index (χ3v) is 10.7. The van der Waals surface area contributed by atoms with Crippen LogP contribution in [0.1, 0.15) is 0 Å². The average Bonchev–Trinajstić information content (AvgIpc) is 3.68. The number of thioether (sulfide) groups is 2. The first-order chi connectivity index (χ1) is 21.5. The summed E-state index contributed by atoms with van der Waals surface area (Å²) in [4.78, 5) is 51.1. The van der Waals surface area contributed by atoms with E-state index in [1.54, 1.807) is 21.3 Å².